The van der Waals surface area contributed by atoms with Gasteiger partial charge in [-0.05, 0) is 43.5 Å². The van der Waals surface area contributed by atoms with Gasteiger partial charge in [-0.2, -0.15) is 0 Å². The number of likely N-dealkylation sites (tertiary alicyclic amines) is 1. The summed E-state index contributed by atoms with van der Waals surface area (Å²) in [6.07, 6.45) is 1.99. The van der Waals surface area contributed by atoms with Crippen molar-refractivity contribution in [1.82, 2.24) is 4.90 Å². The second kappa shape index (κ2) is 5.59. The summed E-state index contributed by atoms with van der Waals surface area (Å²) in [5.74, 6) is 0.288. The number of oxime groups is 1. The van der Waals surface area contributed by atoms with Gasteiger partial charge in [-0.3, -0.25) is 4.90 Å². The maximum atomic E-state index is 8.78. The average Bonchev–Trinajstić information content (AvgIpc) is 2.80. The molecule has 1 aliphatic heterocycles. The van der Waals surface area contributed by atoms with Crippen LogP contribution in [0.15, 0.2) is 23.4 Å². The molecule has 1 unspecified atom stereocenters. The van der Waals surface area contributed by atoms with Gasteiger partial charge in [0.2, 0.25) is 0 Å². The van der Waals surface area contributed by atoms with Crippen molar-refractivity contribution in [3.63, 3.8) is 0 Å². The lowest BCUT2D eigenvalue weighted by Crippen LogP contribution is -2.40. The molecule has 1 atom stereocenters. The molecule has 2 rings (SSSR count). The highest BCUT2D eigenvalue weighted by atomic mass is 35.5. The summed E-state index contributed by atoms with van der Waals surface area (Å²) in [5, 5.41) is 12.7. The SMILES string of the molecule is Cc1ccc(CN2CCCC2/C(N)=N/O)c(Cl)c1. The third-order valence-corrected chi connectivity index (χ3v) is 3.75. The molecule has 3 N–H and O–H groups in total. The third kappa shape index (κ3) is 2.76. The highest BCUT2D eigenvalue weighted by Gasteiger charge is 2.28. The Hall–Kier alpha value is -1.26. The molecule has 0 aliphatic carbocycles. The van der Waals surface area contributed by atoms with Crippen LogP contribution in [-0.2, 0) is 6.54 Å². The Morgan fingerprint density at radius 2 is 2.39 bits per heavy atom. The maximum Gasteiger partial charge on any atom is 0.156 e. The molecule has 0 radical (unpaired) electrons. The van der Waals surface area contributed by atoms with E-state index in [9.17, 15) is 0 Å². The van der Waals surface area contributed by atoms with Crippen molar-refractivity contribution in [1.29, 1.82) is 0 Å². The molecule has 4 nitrogen and oxygen atoms in total. The van der Waals surface area contributed by atoms with Gasteiger partial charge in [0.25, 0.3) is 0 Å². The molecule has 1 saturated heterocycles. The Balaban J connectivity index is 2.13. The summed E-state index contributed by atoms with van der Waals surface area (Å²) in [7, 11) is 0. The largest absolute Gasteiger partial charge is 0.409 e. The number of nitrogens with zero attached hydrogens (tertiary/aromatic N) is 2. The summed E-state index contributed by atoms with van der Waals surface area (Å²) in [4.78, 5) is 2.20. The van der Waals surface area contributed by atoms with Crippen LogP contribution in [0, 0.1) is 6.92 Å². The van der Waals surface area contributed by atoms with E-state index in [1.54, 1.807) is 0 Å². The van der Waals surface area contributed by atoms with E-state index in [4.69, 9.17) is 22.5 Å². The Bertz CT molecular complexity index is 462. The first-order chi connectivity index (χ1) is 8.61. The lowest BCUT2D eigenvalue weighted by molar-refractivity contribution is 0.275. The summed E-state index contributed by atoms with van der Waals surface area (Å²) in [6, 6.07) is 6.08. The fourth-order valence-corrected chi connectivity index (χ4v) is 2.71. The Morgan fingerprint density at radius 1 is 1.61 bits per heavy atom. The van der Waals surface area contributed by atoms with Gasteiger partial charge in [0, 0.05) is 11.6 Å². The molecule has 1 aromatic carbocycles. The molecule has 0 aromatic heterocycles. The molecule has 1 heterocycles. The quantitative estimate of drug-likeness (QED) is 0.382. The summed E-state index contributed by atoms with van der Waals surface area (Å²) in [5.41, 5.74) is 7.94. The number of rotatable bonds is 3. The highest BCUT2D eigenvalue weighted by molar-refractivity contribution is 6.31. The normalized spacial score (nSPS) is 21.4. The lowest BCUT2D eigenvalue weighted by Gasteiger charge is -2.23. The van der Waals surface area contributed by atoms with Crippen molar-refractivity contribution in [3.8, 4) is 0 Å². The molecule has 5 heteroatoms. The van der Waals surface area contributed by atoms with E-state index in [0.29, 0.717) is 0 Å². The van der Waals surface area contributed by atoms with Gasteiger partial charge in [-0.1, -0.05) is 28.9 Å². The molecule has 98 valence electrons. The fraction of sp³-hybridized carbons (Fsp3) is 0.462. The second-order valence-corrected chi connectivity index (χ2v) is 5.16. The summed E-state index contributed by atoms with van der Waals surface area (Å²) < 4.78 is 0. The molecule has 1 fully saturated rings. The van der Waals surface area contributed by atoms with Gasteiger partial charge in [-0.25, -0.2) is 0 Å². The Labute approximate surface area is 112 Å². The van der Waals surface area contributed by atoms with Crippen LogP contribution in [0.3, 0.4) is 0 Å². The van der Waals surface area contributed by atoms with Gasteiger partial charge >= 0.3 is 0 Å². The number of hydrogen-bond acceptors (Lipinski definition) is 3. The third-order valence-electron chi connectivity index (χ3n) is 3.40. The van der Waals surface area contributed by atoms with Gasteiger partial charge in [0.15, 0.2) is 5.84 Å². The molecule has 0 saturated carbocycles. The Morgan fingerprint density at radius 3 is 3.06 bits per heavy atom. The van der Waals surface area contributed by atoms with E-state index in [0.717, 1.165) is 42.1 Å². The minimum absolute atomic E-state index is 0.0207. The molecular formula is C13H18ClN3O. The zero-order valence-corrected chi connectivity index (χ0v) is 11.2. The van der Waals surface area contributed by atoms with Crippen molar-refractivity contribution < 1.29 is 5.21 Å². The Kier molecular flexibility index (Phi) is 4.09. The van der Waals surface area contributed by atoms with E-state index >= 15 is 0 Å². The molecule has 1 aliphatic rings. The first-order valence-electron chi connectivity index (χ1n) is 6.08. The number of hydrogen-bond donors (Lipinski definition) is 2. The first kappa shape index (κ1) is 13.2. The molecule has 0 spiro atoms. The zero-order valence-electron chi connectivity index (χ0n) is 10.4. The number of amidine groups is 1. The number of benzene rings is 1. The van der Waals surface area contributed by atoms with Crippen LogP contribution in [0.2, 0.25) is 5.02 Å². The van der Waals surface area contributed by atoms with Crippen molar-refractivity contribution >= 4 is 17.4 Å². The molecule has 0 bridgehead atoms. The predicted molar refractivity (Wildman–Crippen MR) is 73.0 cm³/mol. The second-order valence-electron chi connectivity index (χ2n) is 4.75. The van der Waals surface area contributed by atoms with Crippen LogP contribution >= 0.6 is 11.6 Å². The van der Waals surface area contributed by atoms with Crippen LogP contribution in [-0.4, -0.2) is 28.5 Å². The van der Waals surface area contributed by atoms with Crippen molar-refractivity contribution in [3.05, 3.63) is 34.3 Å². The number of halogens is 1. The lowest BCUT2D eigenvalue weighted by atomic mass is 10.1. The van der Waals surface area contributed by atoms with Gasteiger partial charge < -0.3 is 10.9 Å². The van der Waals surface area contributed by atoms with E-state index in [1.807, 2.05) is 19.1 Å². The van der Waals surface area contributed by atoms with Crippen LogP contribution in [0.1, 0.15) is 24.0 Å². The molecule has 1 aromatic rings. The van der Waals surface area contributed by atoms with Crippen LogP contribution in [0.25, 0.3) is 0 Å². The first-order valence-corrected chi connectivity index (χ1v) is 6.46. The van der Waals surface area contributed by atoms with Gasteiger partial charge in [-0.15, -0.1) is 0 Å². The van der Waals surface area contributed by atoms with Gasteiger partial charge in [0.05, 0.1) is 6.04 Å². The summed E-state index contributed by atoms with van der Waals surface area (Å²) >= 11 is 6.23. The molecular weight excluding hydrogens is 250 g/mol. The average molecular weight is 268 g/mol. The van der Waals surface area contributed by atoms with E-state index < -0.39 is 0 Å². The number of nitrogens with two attached hydrogens (primary N) is 1. The smallest absolute Gasteiger partial charge is 0.156 e. The van der Waals surface area contributed by atoms with E-state index in [1.165, 1.54) is 0 Å². The monoisotopic (exact) mass is 267 g/mol. The minimum Gasteiger partial charge on any atom is -0.409 e. The zero-order chi connectivity index (χ0) is 13.1. The van der Waals surface area contributed by atoms with Crippen LogP contribution in [0.4, 0.5) is 0 Å². The van der Waals surface area contributed by atoms with Crippen molar-refractivity contribution in [2.45, 2.75) is 32.4 Å². The summed E-state index contributed by atoms with van der Waals surface area (Å²) in [6.45, 7) is 3.70. The topological polar surface area (TPSA) is 61.8 Å². The van der Waals surface area contributed by atoms with Crippen LogP contribution < -0.4 is 5.73 Å². The van der Waals surface area contributed by atoms with Crippen LogP contribution in [0.5, 0.6) is 0 Å². The molecule has 0 amide bonds. The van der Waals surface area contributed by atoms with Crippen molar-refractivity contribution in [2.24, 2.45) is 10.9 Å². The molecule has 18 heavy (non-hydrogen) atoms. The van der Waals surface area contributed by atoms with Crippen molar-refractivity contribution in [2.75, 3.05) is 6.54 Å². The minimum atomic E-state index is 0.0207. The number of aryl methyl sites for hydroxylation is 1. The van der Waals surface area contributed by atoms with E-state index in [-0.39, 0.29) is 11.9 Å². The fourth-order valence-electron chi connectivity index (χ4n) is 2.42. The van der Waals surface area contributed by atoms with Gasteiger partial charge in [0.1, 0.15) is 0 Å². The maximum absolute atomic E-state index is 8.78. The highest BCUT2D eigenvalue weighted by Crippen LogP contribution is 2.24. The standard InChI is InChI=1S/C13H18ClN3O/c1-9-4-5-10(11(14)7-9)8-17-6-2-3-12(17)13(15)16-18/h4-5,7,12,18H,2-3,6,8H2,1H3,(H2,15,16). The van der Waals surface area contributed by atoms with E-state index in [2.05, 4.69) is 16.1 Å². The predicted octanol–water partition coefficient (Wildman–Crippen LogP) is 2.36.